The second-order valence-electron chi connectivity index (χ2n) is 5.27. The van der Waals surface area contributed by atoms with E-state index in [1.807, 2.05) is 45.5 Å². The number of nitrogens with zero attached hydrogens (tertiary/aromatic N) is 2. The number of rotatable bonds is 4. The lowest BCUT2D eigenvalue weighted by Gasteiger charge is -2.23. The zero-order chi connectivity index (χ0) is 13.9. The van der Waals surface area contributed by atoms with Crippen LogP contribution in [-0.2, 0) is 11.8 Å². The van der Waals surface area contributed by atoms with Crippen LogP contribution in [0.2, 0.25) is 0 Å². The fourth-order valence-corrected chi connectivity index (χ4v) is 1.65. The maximum Gasteiger partial charge on any atom is 0.244 e. The monoisotopic (exact) mass is 249 g/mol. The summed E-state index contributed by atoms with van der Waals surface area (Å²) in [5.74, 6) is -0.0653. The van der Waals surface area contributed by atoms with E-state index in [-0.39, 0.29) is 11.4 Å². The van der Waals surface area contributed by atoms with E-state index in [1.165, 1.54) is 0 Å². The molecule has 0 aliphatic carbocycles. The quantitative estimate of drug-likeness (QED) is 0.833. The third-order valence-corrected chi connectivity index (χ3v) is 3.31. The molecule has 0 bridgehead atoms. The minimum absolute atomic E-state index is 0.0653. The number of hydrogen-bond acceptors (Lipinski definition) is 2. The Bertz CT molecular complexity index is 470. The van der Waals surface area contributed by atoms with Crippen LogP contribution in [0.25, 0.3) is 6.08 Å². The first-order valence-electron chi connectivity index (χ1n) is 6.27. The van der Waals surface area contributed by atoms with Crippen LogP contribution < -0.4 is 5.32 Å². The van der Waals surface area contributed by atoms with E-state index in [9.17, 15) is 4.79 Å². The van der Waals surface area contributed by atoms with Crippen LogP contribution in [0.5, 0.6) is 0 Å². The minimum atomic E-state index is -0.166. The van der Waals surface area contributed by atoms with Gasteiger partial charge in [0.15, 0.2) is 0 Å². The van der Waals surface area contributed by atoms with Crippen molar-refractivity contribution in [2.45, 2.75) is 46.6 Å². The van der Waals surface area contributed by atoms with E-state index in [1.54, 1.807) is 6.08 Å². The second-order valence-corrected chi connectivity index (χ2v) is 5.27. The molecule has 0 spiro atoms. The molecule has 18 heavy (non-hydrogen) atoms. The van der Waals surface area contributed by atoms with Gasteiger partial charge in [-0.25, -0.2) is 0 Å². The summed E-state index contributed by atoms with van der Waals surface area (Å²) in [6, 6.07) is 0. The highest BCUT2D eigenvalue weighted by molar-refractivity contribution is 5.92. The first-order chi connectivity index (χ1) is 8.26. The molecule has 0 radical (unpaired) electrons. The molecule has 1 aromatic rings. The third kappa shape index (κ3) is 3.45. The summed E-state index contributed by atoms with van der Waals surface area (Å²) < 4.78 is 1.82. The fourth-order valence-electron chi connectivity index (χ4n) is 1.65. The lowest BCUT2D eigenvalue weighted by molar-refractivity contribution is -0.117. The van der Waals surface area contributed by atoms with Crippen molar-refractivity contribution in [3.8, 4) is 0 Å². The number of nitrogens with one attached hydrogen (secondary N) is 1. The third-order valence-electron chi connectivity index (χ3n) is 3.31. The summed E-state index contributed by atoms with van der Waals surface area (Å²) >= 11 is 0. The van der Waals surface area contributed by atoms with Crippen LogP contribution >= 0.6 is 0 Å². The molecule has 0 fully saturated rings. The molecule has 4 nitrogen and oxygen atoms in total. The molecule has 0 aliphatic heterocycles. The lowest BCUT2D eigenvalue weighted by atomic mass is 10.0. The molecule has 1 N–H and O–H groups in total. The van der Waals surface area contributed by atoms with Gasteiger partial charge in [-0.15, -0.1) is 0 Å². The summed E-state index contributed by atoms with van der Waals surface area (Å²) in [5, 5.41) is 7.28. The van der Waals surface area contributed by atoms with Gasteiger partial charge < -0.3 is 5.32 Å². The SMILES string of the molecule is CCC(C)(C)NC(=O)/C=C/c1c(C)nn(C)c1C. The smallest absolute Gasteiger partial charge is 0.244 e. The van der Waals surface area contributed by atoms with E-state index < -0.39 is 0 Å². The van der Waals surface area contributed by atoms with E-state index in [0.29, 0.717) is 0 Å². The molecule has 1 heterocycles. The number of amides is 1. The Kier molecular flexibility index (Phi) is 4.33. The van der Waals surface area contributed by atoms with E-state index in [0.717, 1.165) is 23.4 Å². The zero-order valence-electron chi connectivity index (χ0n) is 12.2. The Labute approximate surface area is 109 Å². The number of carbonyl (C=O) groups excluding carboxylic acids is 1. The van der Waals surface area contributed by atoms with Crippen LogP contribution in [0.3, 0.4) is 0 Å². The summed E-state index contributed by atoms with van der Waals surface area (Å²) in [6.07, 6.45) is 4.31. The van der Waals surface area contributed by atoms with Crippen molar-refractivity contribution in [1.82, 2.24) is 15.1 Å². The second kappa shape index (κ2) is 5.38. The van der Waals surface area contributed by atoms with E-state index >= 15 is 0 Å². The fraction of sp³-hybridized carbons (Fsp3) is 0.571. The van der Waals surface area contributed by atoms with Gasteiger partial charge in [0.2, 0.25) is 5.91 Å². The van der Waals surface area contributed by atoms with Gasteiger partial charge >= 0.3 is 0 Å². The Morgan fingerprint density at radius 2 is 2.06 bits per heavy atom. The van der Waals surface area contributed by atoms with Crippen molar-refractivity contribution < 1.29 is 4.79 Å². The molecule has 0 unspecified atom stereocenters. The summed E-state index contributed by atoms with van der Waals surface area (Å²) in [6.45, 7) is 10.0. The standard InChI is InChI=1S/C14H23N3O/c1-7-14(4,5)15-13(18)9-8-12-10(2)16-17(6)11(12)3/h8-9H,7H2,1-6H3,(H,15,18)/b9-8+. The van der Waals surface area contributed by atoms with Gasteiger partial charge in [-0.2, -0.15) is 5.10 Å². The molecule has 0 saturated heterocycles. The molecule has 4 heteroatoms. The van der Waals surface area contributed by atoms with Gasteiger partial charge in [0.1, 0.15) is 0 Å². The molecule has 0 atom stereocenters. The number of aryl methyl sites for hydroxylation is 2. The predicted octanol–water partition coefficient (Wildman–Crippen LogP) is 2.35. The molecule has 100 valence electrons. The van der Waals surface area contributed by atoms with Crippen molar-refractivity contribution in [3.63, 3.8) is 0 Å². The van der Waals surface area contributed by atoms with Crippen LogP contribution in [0.4, 0.5) is 0 Å². The van der Waals surface area contributed by atoms with Gasteiger partial charge in [0.05, 0.1) is 5.69 Å². The maximum atomic E-state index is 11.8. The van der Waals surface area contributed by atoms with Gasteiger partial charge in [-0.3, -0.25) is 9.48 Å². The number of carbonyl (C=O) groups is 1. The average Bonchev–Trinajstić information content (AvgIpc) is 2.50. The number of aromatic nitrogens is 2. The Hall–Kier alpha value is -1.58. The van der Waals surface area contributed by atoms with Gasteiger partial charge in [-0.1, -0.05) is 6.92 Å². The Morgan fingerprint density at radius 1 is 1.44 bits per heavy atom. The topological polar surface area (TPSA) is 46.9 Å². The largest absolute Gasteiger partial charge is 0.348 e. The summed E-state index contributed by atoms with van der Waals surface area (Å²) in [7, 11) is 1.90. The predicted molar refractivity (Wildman–Crippen MR) is 74.2 cm³/mol. The van der Waals surface area contributed by atoms with Crippen LogP contribution in [0.15, 0.2) is 6.08 Å². The molecule has 0 aliphatic rings. The van der Waals surface area contributed by atoms with Crippen molar-refractivity contribution in [2.24, 2.45) is 7.05 Å². The Morgan fingerprint density at radius 3 is 2.50 bits per heavy atom. The normalized spacial score (nSPS) is 12.1. The van der Waals surface area contributed by atoms with Crippen LogP contribution in [0.1, 0.15) is 44.1 Å². The lowest BCUT2D eigenvalue weighted by Crippen LogP contribution is -2.41. The highest BCUT2D eigenvalue weighted by atomic mass is 16.1. The average molecular weight is 249 g/mol. The van der Waals surface area contributed by atoms with Crippen LogP contribution in [0, 0.1) is 13.8 Å². The molecular formula is C14H23N3O. The van der Waals surface area contributed by atoms with Crippen molar-refractivity contribution in [2.75, 3.05) is 0 Å². The molecule has 1 aromatic heterocycles. The maximum absolute atomic E-state index is 11.8. The van der Waals surface area contributed by atoms with E-state index in [4.69, 9.17) is 0 Å². The molecule has 1 rings (SSSR count). The minimum Gasteiger partial charge on any atom is -0.348 e. The van der Waals surface area contributed by atoms with Crippen molar-refractivity contribution in [3.05, 3.63) is 23.0 Å². The van der Waals surface area contributed by atoms with Crippen molar-refractivity contribution >= 4 is 12.0 Å². The molecule has 1 amide bonds. The first-order valence-corrected chi connectivity index (χ1v) is 6.27. The van der Waals surface area contributed by atoms with Crippen LogP contribution in [-0.4, -0.2) is 21.2 Å². The molecule has 0 saturated carbocycles. The Balaban J connectivity index is 2.78. The highest BCUT2D eigenvalue weighted by Crippen LogP contribution is 2.14. The summed E-state index contributed by atoms with van der Waals surface area (Å²) in [4.78, 5) is 11.8. The molecule has 0 aromatic carbocycles. The highest BCUT2D eigenvalue weighted by Gasteiger charge is 2.16. The molecular weight excluding hydrogens is 226 g/mol. The summed E-state index contributed by atoms with van der Waals surface area (Å²) in [5.41, 5.74) is 2.85. The number of hydrogen-bond donors (Lipinski definition) is 1. The zero-order valence-corrected chi connectivity index (χ0v) is 12.2. The first kappa shape index (κ1) is 14.5. The van der Waals surface area contributed by atoms with Crippen molar-refractivity contribution in [1.29, 1.82) is 0 Å². The van der Waals surface area contributed by atoms with Gasteiger partial charge in [-0.05, 0) is 40.2 Å². The van der Waals surface area contributed by atoms with Gasteiger partial charge in [0.25, 0.3) is 0 Å². The van der Waals surface area contributed by atoms with E-state index in [2.05, 4.69) is 17.3 Å². The van der Waals surface area contributed by atoms with Gasteiger partial charge in [0, 0.05) is 29.9 Å².